The highest BCUT2D eigenvalue weighted by Crippen LogP contribution is 2.16. The van der Waals surface area contributed by atoms with Crippen LogP contribution in [-0.4, -0.2) is 25.9 Å². The first kappa shape index (κ1) is 12.7. The zero-order valence-corrected chi connectivity index (χ0v) is 11.4. The normalized spacial score (nSPS) is 10.3. The van der Waals surface area contributed by atoms with Crippen molar-refractivity contribution in [3.63, 3.8) is 0 Å². The number of aromatic nitrogens is 4. The van der Waals surface area contributed by atoms with Gasteiger partial charge < -0.3 is 5.32 Å². The largest absolute Gasteiger partial charge is 0.324 e. The van der Waals surface area contributed by atoms with Gasteiger partial charge in [-0.2, -0.15) is 0 Å². The first-order valence-electron chi connectivity index (χ1n) is 5.42. The molecule has 2 aromatic rings. The molecule has 0 fully saturated rings. The zero-order valence-electron chi connectivity index (χ0n) is 9.80. The van der Waals surface area contributed by atoms with Crippen LogP contribution in [-0.2, 0) is 11.3 Å². The van der Waals surface area contributed by atoms with Crippen LogP contribution in [0.3, 0.4) is 0 Å². The average Bonchev–Trinajstić information content (AvgIpc) is 2.83. The lowest BCUT2D eigenvalue weighted by atomic mass is 10.3. The van der Waals surface area contributed by atoms with E-state index >= 15 is 0 Å². The van der Waals surface area contributed by atoms with Crippen LogP contribution in [0.2, 0.25) is 0 Å². The second kappa shape index (κ2) is 5.72. The molecular weight excluding hydrogens is 298 g/mol. The van der Waals surface area contributed by atoms with Crippen LogP contribution in [0.15, 0.2) is 29.1 Å². The number of carbonyl (C=O) groups excluding carboxylic acids is 1. The summed E-state index contributed by atoms with van der Waals surface area (Å²) in [5, 5.41) is 10.3. The molecule has 0 atom stereocenters. The summed E-state index contributed by atoms with van der Waals surface area (Å²) >= 11 is 3.28. The zero-order chi connectivity index (χ0) is 13.0. The minimum absolute atomic E-state index is 0.0716. The molecule has 0 saturated heterocycles. The van der Waals surface area contributed by atoms with Crippen molar-refractivity contribution < 1.29 is 4.79 Å². The number of nitrogens with zero attached hydrogens (tertiary/aromatic N) is 4. The number of amides is 1. The van der Waals surface area contributed by atoms with Gasteiger partial charge in [0.25, 0.3) is 0 Å². The van der Waals surface area contributed by atoms with Gasteiger partial charge in [0.05, 0.1) is 24.1 Å². The lowest BCUT2D eigenvalue weighted by Crippen LogP contribution is -2.15. The fourth-order valence-electron chi connectivity index (χ4n) is 1.44. The maximum atomic E-state index is 11.7. The summed E-state index contributed by atoms with van der Waals surface area (Å²) in [6.07, 6.45) is 3.65. The number of hydrogen-bond acceptors (Lipinski definition) is 4. The SMILES string of the molecule is Cc1nc(Br)ccc1NC(=O)CCn1ccnn1. The number of rotatable bonds is 4. The Balaban J connectivity index is 1.91. The van der Waals surface area contributed by atoms with Gasteiger partial charge in [-0.3, -0.25) is 9.48 Å². The molecule has 1 amide bonds. The monoisotopic (exact) mass is 309 g/mol. The van der Waals surface area contributed by atoms with Crippen molar-refractivity contribution in [3.8, 4) is 0 Å². The smallest absolute Gasteiger partial charge is 0.226 e. The van der Waals surface area contributed by atoms with E-state index in [1.54, 1.807) is 23.1 Å². The highest BCUT2D eigenvalue weighted by molar-refractivity contribution is 9.10. The number of aryl methyl sites for hydroxylation is 2. The Morgan fingerprint density at radius 1 is 1.50 bits per heavy atom. The second-order valence-electron chi connectivity index (χ2n) is 3.73. The molecule has 2 heterocycles. The second-order valence-corrected chi connectivity index (χ2v) is 4.54. The molecule has 18 heavy (non-hydrogen) atoms. The molecule has 2 aromatic heterocycles. The molecular formula is C11H12BrN5O. The molecule has 0 aliphatic carbocycles. The van der Waals surface area contributed by atoms with Crippen molar-refractivity contribution in [1.29, 1.82) is 0 Å². The van der Waals surface area contributed by atoms with Crippen LogP contribution in [0.5, 0.6) is 0 Å². The molecule has 0 aliphatic rings. The molecule has 6 nitrogen and oxygen atoms in total. The van der Waals surface area contributed by atoms with E-state index in [1.807, 2.05) is 13.0 Å². The Labute approximate surface area is 113 Å². The van der Waals surface area contributed by atoms with Gasteiger partial charge in [-0.25, -0.2) is 4.98 Å². The van der Waals surface area contributed by atoms with Gasteiger partial charge in [0, 0.05) is 12.6 Å². The van der Waals surface area contributed by atoms with Crippen LogP contribution < -0.4 is 5.32 Å². The highest BCUT2D eigenvalue weighted by Gasteiger charge is 2.06. The first-order chi connectivity index (χ1) is 8.65. The number of halogens is 1. The maximum Gasteiger partial charge on any atom is 0.226 e. The van der Waals surface area contributed by atoms with E-state index in [4.69, 9.17) is 0 Å². The van der Waals surface area contributed by atoms with Crippen LogP contribution in [0.1, 0.15) is 12.1 Å². The number of anilines is 1. The van der Waals surface area contributed by atoms with Crippen molar-refractivity contribution in [2.45, 2.75) is 19.9 Å². The van der Waals surface area contributed by atoms with Gasteiger partial charge in [0.15, 0.2) is 0 Å². The predicted molar refractivity (Wildman–Crippen MR) is 69.9 cm³/mol. The molecule has 1 N–H and O–H groups in total. The standard InChI is InChI=1S/C11H12BrN5O/c1-8-9(2-3-10(12)14-8)15-11(18)4-6-17-7-5-13-16-17/h2-3,5,7H,4,6H2,1H3,(H,15,18). The van der Waals surface area contributed by atoms with E-state index in [0.29, 0.717) is 13.0 Å². The Bertz CT molecular complexity index is 540. The third-order valence-electron chi connectivity index (χ3n) is 2.37. The summed E-state index contributed by atoms with van der Waals surface area (Å²) in [5.74, 6) is -0.0716. The maximum absolute atomic E-state index is 11.7. The van der Waals surface area contributed by atoms with Crippen molar-refractivity contribution in [2.24, 2.45) is 0 Å². The molecule has 0 unspecified atom stereocenters. The molecule has 0 spiro atoms. The lowest BCUT2D eigenvalue weighted by molar-refractivity contribution is -0.116. The van der Waals surface area contributed by atoms with Gasteiger partial charge in [-0.1, -0.05) is 5.21 Å². The molecule has 0 radical (unpaired) electrons. The third kappa shape index (κ3) is 3.36. The summed E-state index contributed by atoms with van der Waals surface area (Å²) in [6.45, 7) is 2.35. The van der Waals surface area contributed by atoms with Gasteiger partial charge >= 0.3 is 0 Å². The number of pyridine rings is 1. The summed E-state index contributed by atoms with van der Waals surface area (Å²) in [7, 11) is 0. The number of hydrogen-bond donors (Lipinski definition) is 1. The Morgan fingerprint density at radius 2 is 2.33 bits per heavy atom. The van der Waals surface area contributed by atoms with E-state index < -0.39 is 0 Å². The number of carbonyl (C=O) groups is 1. The predicted octanol–water partition coefficient (Wildman–Crippen LogP) is 1.77. The average molecular weight is 310 g/mol. The van der Waals surface area contributed by atoms with E-state index in [9.17, 15) is 4.79 Å². The summed E-state index contributed by atoms with van der Waals surface area (Å²) < 4.78 is 2.37. The Morgan fingerprint density at radius 3 is 3.00 bits per heavy atom. The minimum atomic E-state index is -0.0716. The molecule has 0 aliphatic heterocycles. The van der Waals surface area contributed by atoms with Crippen molar-refractivity contribution in [2.75, 3.05) is 5.32 Å². The van der Waals surface area contributed by atoms with Gasteiger partial charge in [-0.15, -0.1) is 5.10 Å². The minimum Gasteiger partial charge on any atom is -0.324 e. The lowest BCUT2D eigenvalue weighted by Gasteiger charge is -2.07. The van der Waals surface area contributed by atoms with Crippen LogP contribution in [0, 0.1) is 6.92 Å². The molecule has 94 valence electrons. The van der Waals surface area contributed by atoms with Crippen LogP contribution in [0.4, 0.5) is 5.69 Å². The van der Waals surface area contributed by atoms with Gasteiger partial charge in [-0.05, 0) is 35.0 Å². The quantitative estimate of drug-likeness (QED) is 0.874. The van der Waals surface area contributed by atoms with Crippen molar-refractivity contribution in [3.05, 3.63) is 34.8 Å². The molecule has 0 bridgehead atoms. The molecule has 0 aromatic carbocycles. The summed E-state index contributed by atoms with van der Waals surface area (Å²) in [5.41, 5.74) is 1.50. The topological polar surface area (TPSA) is 72.7 Å². The fraction of sp³-hybridized carbons (Fsp3) is 0.273. The van der Waals surface area contributed by atoms with Crippen LogP contribution in [0.25, 0.3) is 0 Å². The van der Waals surface area contributed by atoms with E-state index in [1.165, 1.54) is 0 Å². The van der Waals surface area contributed by atoms with Gasteiger partial charge in [0.2, 0.25) is 5.91 Å². The summed E-state index contributed by atoms with van der Waals surface area (Å²) in [4.78, 5) is 15.9. The fourth-order valence-corrected chi connectivity index (χ4v) is 1.84. The van der Waals surface area contributed by atoms with E-state index in [-0.39, 0.29) is 5.91 Å². The van der Waals surface area contributed by atoms with E-state index in [0.717, 1.165) is 16.0 Å². The first-order valence-corrected chi connectivity index (χ1v) is 6.21. The molecule has 0 saturated carbocycles. The van der Waals surface area contributed by atoms with Gasteiger partial charge in [0.1, 0.15) is 4.60 Å². The Hall–Kier alpha value is -1.76. The molecule has 7 heteroatoms. The van der Waals surface area contributed by atoms with E-state index in [2.05, 4.69) is 36.5 Å². The van der Waals surface area contributed by atoms with Crippen LogP contribution >= 0.6 is 15.9 Å². The number of nitrogens with one attached hydrogen (secondary N) is 1. The van der Waals surface area contributed by atoms with Crippen molar-refractivity contribution >= 4 is 27.5 Å². The van der Waals surface area contributed by atoms with Crippen molar-refractivity contribution in [1.82, 2.24) is 20.0 Å². The third-order valence-corrected chi connectivity index (χ3v) is 2.81. The molecule has 2 rings (SSSR count). The summed E-state index contributed by atoms with van der Waals surface area (Å²) in [6, 6.07) is 3.61. The highest BCUT2D eigenvalue weighted by atomic mass is 79.9. The Kier molecular flexibility index (Phi) is 4.03.